The maximum atomic E-state index is 10.7. The molecule has 0 aromatic carbocycles. The van der Waals surface area contributed by atoms with Crippen LogP contribution in [0, 0.1) is 5.41 Å². The highest BCUT2D eigenvalue weighted by Gasteiger charge is 2.27. The predicted octanol–water partition coefficient (Wildman–Crippen LogP) is 2.07. The van der Waals surface area contributed by atoms with Gasteiger partial charge < -0.3 is 15.2 Å². The summed E-state index contributed by atoms with van der Waals surface area (Å²) in [5.41, 5.74) is 0.216. The number of aromatic carboxylic acids is 1. The van der Waals surface area contributed by atoms with Crippen LogP contribution in [-0.4, -0.2) is 35.8 Å². The van der Waals surface area contributed by atoms with E-state index in [2.05, 4.69) is 17.2 Å². The van der Waals surface area contributed by atoms with Crippen LogP contribution in [0.1, 0.15) is 29.4 Å². The SMILES string of the molecule is CC1(CNc2ncc(C(=O)O)s2)CCOCC1. The van der Waals surface area contributed by atoms with Crippen molar-refractivity contribution in [2.75, 3.05) is 25.1 Å². The molecule has 94 valence electrons. The number of rotatable bonds is 4. The zero-order valence-corrected chi connectivity index (χ0v) is 10.5. The van der Waals surface area contributed by atoms with Crippen LogP contribution >= 0.6 is 11.3 Å². The number of nitrogens with zero attached hydrogens (tertiary/aromatic N) is 1. The number of anilines is 1. The molecule has 1 aliphatic rings. The van der Waals surface area contributed by atoms with E-state index >= 15 is 0 Å². The fraction of sp³-hybridized carbons (Fsp3) is 0.636. The van der Waals surface area contributed by atoms with Crippen molar-refractivity contribution in [2.45, 2.75) is 19.8 Å². The summed E-state index contributed by atoms with van der Waals surface area (Å²) in [6.45, 7) is 4.63. The number of aromatic nitrogens is 1. The summed E-state index contributed by atoms with van der Waals surface area (Å²) >= 11 is 1.18. The van der Waals surface area contributed by atoms with E-state index < -0.39 is 5.97 Å². The summed E-state index contributed by atoms with van der Waals surface area (Å²) in [5, 5.41) is 12.7. The molecule has 5 nitrogen and oxygen atoms in total. The monoisotopic (exact) mass is 256 g/mol. The van der Waals surface area contributed by atoms with Crippen molar-refractivity contribution in [3.05, 3.63) is 11.1 Å². The van der Waals surface area contributed by atoms with Crippen LogP contribution < -0.4 is 5.32 Å². The van der Waals surface area contributed by atoms with Crippen molar-refractivity contribution in [2.24, 2.45) is 5.41 Å². The van der Waals surface area contributed by atoms with Gasteiger partial charge in [-0.2, -0.15) is 0 Å². The van der Waals surface area contributed by atoms with Gasteiger partial charge in [-0.15, -0.1) is 0 Å². The molecule has 2 heterocycles. The molecule has 0 aliphatic carbocycles. The zero-order valence-electron chi connectivity index (χ0n) is 9.73. The van der Waals surface area contributed by atoms with Gasteiger partial charge >= 0.3 is 5.97 Å². The average Bonchev–Trinajstić information content (AvgIpc) is 2.76. The number of carbonyl (C=O) groups is 1. The van der Waals surface area contributed by atoms with Gasteiger partial charge in [0.2, 0.25) is 0 Å². The van der Waals surface area contributed by atoms with E-state index in [0.717, 1.165) is 32.6 Å². The van der Waals surface area contributed by atoms with Crippen LogP contribution in [0.3, 0.4) is 0 Å². The second-order valence-electron chi connectivity index (χ2n) is 4.61. The van der Waals surface area contributed by atoms with Gasteiger partial charge in [0.25, 0.3) is 0 Å². The molecule has 17 heavy (non-hydrogen) atoms. The van der Waals surface area contributed by atoms with Crippen molar-refractivity contribution in [1.29, 1.82) is 0 Å². The van der Waals surface area contributed by atoms with E-state index in [-0.39, 0.29) is 10.3 Å². The molecule has 0 saturated carbocycles. The Labute approximate surface area is 104 Å². The van der Waals surface area contributed by atoms with Crippen LogP contribution in [-0.2, 0) is 4.74 Å². The molecule has 2 rings (SSSR count). The minimum atomic E-state index is -0.923. The molecule has 1 aromatic heterocycles. The molecule has 0 spiro atoms. The molecular weight excluding hydrogens is 240 g/mol. The largest absolute Gasteiger partial charge is 0.477 e. The smallest absolute Gasteiger partial charge is 0.347 e. The van der Waals surface area contributed by atoms with Crippen molar-refractivity contribution in [1.82, 2.24) is 4.98 Å². The molecule has 1 fully saturated rings. The Morgan fingerprint density at radius 3 is 2.94 bits per heavy atom. The topological polar surface area (TPSA) is 71.5 Å². The Morgan fingerprint density at radius 2 is 2.35 bits per heavy atom. The van der Waals surface area contributed by atoms with E-state index in [4.69, 9.17) is 9.84 Å². The highest BCUT2D eigenvalue weighted by Crippen LogP contribution is 2.30. The predicted molar refractivity (Wildman–Crippen MR) is 65.7 cm³/mol. The number of carboxylic acid groups (broad SMARTS) is 1. The molecule has 0 unspecified atom stereocenters. The third-order valence-electron chi connectivity index (χ3n) is 3.08. The van der Waals surface area contributed by atoms with Crippen molar-refractivity contribution < 1.29 is 14.6 Å². The summed E-state index contributed by atoms with van der Waals surface area (Å²) in [6.07, 6.45) is 3.44. The minimum absolute atomic E-state index is 0.216. The van der Waals surface area contributed by atoms with Gasteiger partial charge in [0.15, 0.2) is 5.13 Å². The summed E-state index contributed by atoms with van der Waals surface area (Å²) in [5.74, 6) is -0.923. The highest BCUT2D eigenvalue weighted by molar-refractivity contribution is 7.17. The Kier molecular flexibility index (Phi) is 3.63. The first kappa shape index (κ1) is 12.3. The maximum Gasteiger partial charge on any atom is 0.347 e. The van der Waals surface area contributed by atoms with Crippen LogP contribution in [0.5, 0.6) is 0 Å². The lowest BCUT2D eigenvalue weighted by Crippen LogP contribution is -2.33. The van der Waals surface area contributed by atoms with Crippen LogP contribution in [0.25, 0.3) is 0 Å². The Morgan fingerprint density at radius 1 is 1.65 bits per heavy atom. The summed E-state index contributed by atoms with van der Waals surface area (Å²) in [6, 6.07) is 0. The number of nitrogens with one attached hydrogen (secondary N) is 1. The van der Waals surface area contributed by atoms with Gasteiger partial charge in [0.1, 0.15) is 4.88 Å². The molecule has 1 aromatic rings. The normalized spacial score (nSPS) is 18.9. The van der Waals surface area contributed by atoms with Gasteiger partial charge in [-0.3, -0.25) is 0 Å². The molecule has 0 amide bonds. The maximum absolute atomic E-state index is 10.7. The highest BCUT2D eigenvalue weighted by atomic mass is 32.1. The average molecular weight is 256 g/mol. The molecule has 6 heteroatoms. The molecule has 2 N–H and O–H groups in total. The van der Waals surface area contributed by atoms with E-state index in [1.807, 2.05) is 0 Å². The number of hydrogen-bond donors (Lipinski definition) is 2. The fourth-order valence-corrected chi connectivity index (χ4v) is 2.44. The van der Waals surface area contributed by atoms with E-state index in [1.54, 1.807) is 0 Å². The zero-order chi connectivity index (χ0) is 12.3. The molecule has 1 saturated heterocycles. The molecule has 1 aliphatic heterocycles. The van der Waals surface area contributed by atoms with Gasteiger partial charge in [-0.05, 0) is 18.3 Å². The third kappa shape index (κ3) is 3.17. The molecule has 0 radical (unpaired) electrons. The standard InChI is InChI=1S/C11H16N2O3S/c1-11(2-4-16-5-3-11)7-13-10-12-6-8(17-10)9(14)15/h6H,2-5,7H2,1H3,(H,12,13)(H,14,15). The van der Waals surface area contributed by atoms with Gasteiger partial charge in [-0.1, -0.05) is 18.3 Å². The Bertz CT molecular complexity index is 399. The van der Waals surface area contributed by atoms with Crippen LogP contribution in [0.2, 0.25) is 0 Å². The van der Waals surface area contributed by atoms with Crippen LogP contribution in [0.4, 0.5) is 5.13 Å². The second-order valence-corrected chi connectivity index (χ2v) is 5.64. The Hall–Kier alpha value is -1.14. The lowest BCUT2D eigenvalue weighted by Gasteiger charge is -2.33. The quantitative estimate of drug-likeness (QED) is 0.863. The van der Waals surface area contributed by atoms with Crippen molar-refractivity contribution in [3.8, 4) is 0 Å². The first-order valence-electron chi connectivity index (χ1n) is 5.60. The van der Waals surface area contributed by atoms with Crippen LogP contribution in [0.15, 0.2) is 6.20 Å². The molecular formula is C11H16N2O3S. The number of hydrogen-bond acceptors (Lipinski definition) is 5. The van der Waals surface area contributed by atoms with Gasteiger partial charge in [-0.25, -0.2) is 9.78 Å². The first-order chi connectivity index (χ1) is 8.09. The summed E-state index contributed by atoms with van der Waals surface area (Å²) in [7, 11) is 0. The number of carboxylic acids is 1. The van der Waals surface area contributed by atoms with Gasteiger partial charge in [0.05, 0.1) is 6.20 Å². The lowest BCUT2D eigenvalue weighted by atomic mass is 9.82. The number of ether oxygens (including phenoxy) is 1. The lowest BCUT2D eigenvalue weighted by molar-refractivity contribution is 0.0300. The summed E-state index contributed by atoms with van der Waals surface area (Å²) < 4.78 is 5.33. The summed E-state index contributed by atoms with van der Waals surface area (Å²) in [4.78, 5) is 15.0. The third-order valence-corrected chi connectivity index (χ3v) is 4.03. The fourth-order valence-electron chi connectivity index (χ4n) is 1.78. The molecule has 0 atom stereocenters. The van der Waals surface area contributed by atoms with Crippen molar-refractivity contribution in [3.63, 3.8) is 0 Å². The minimum Gasteiger partial charge on any atom is -0.477 e. The van der Waals surface area contributed by atoms with E-state index in [0.29, 0.717) is 5.13 Å². The van der Waals surface area contributed by atoms with E-state index in [1.165, 1.54) is 17.5 Å². The molecule has 0 bridgehead atoms. The van der Waals surface area contributed by atoms with Gasteiger partial charge in [0, 0.05) is 19.8 Å². The van der Waals surface area contributed by atoms with Crippen molar-refractivity contribution >= 4 is 22.4 Å². The number of thiazole rings is 1. The second kappa shape index (κ2) is 5.01. The Balaban J connectivity index is 1.90. The first-order valence-corrected chi connectivity index (χ1v) is 6.41. The van der Waals surface area contributed by atoms with E-state index in [9.17, 15) is 4.79 Å².